The van der Waals surface area contributed by atoms with Gasteiger partial charge in [-0.25, -0.2) is 0 Å². The summed E-state index contributed by atoms with van der Waals surface area (Å²) in [6.45, 7) is 10.0. The molecule has 3 rings (SSSR count). The number of nitrogens with one attached hydrogen (secondary N) is 3. The number of anilines is 1. The van der Waals surface area contributed by atoms with E-state index in [-0.39, 0.29) is 0 Å². The van der Waals surface area contributed by atoms with Gasteiger partial charge in [-0.3, -0.25) is 4.90 Å². The number of hydrogen-bond acceptors (Lipinski definition) is 4. The molecule has 0 atom stereocenters. The van der Waals surface area contributed by atoms with Crippen LogP contribution in [-0.2, 0) is 6.54 Å². The summed E-state index contributed by atoms with van der Waals surface area (Å²) in [7, 11) is 0. The molecule has 2 aliphatic rings. The fraction of sp³-hybridized carbons (Fsp3) is 0.526. The highest BCUT2D eigenvalue weighted by atomic mass is 15.2. The lowest BCUT2D eigenvalue weighted by Gasteiger charge is -2.29. The van der Waals surface area contributed by atoms with Crippen molar-refractivity contribution in [3.05, 3.63) is 41.1 Å². The number of nitrogens with zero attached hydrogens (tertiary/aromatic N) is 1. The van der Waals surface area contributed by atoms with E-state index in [1.807, 2.05) is 0 Å². The molecule has 1 saturated carbocycles. The molecule has 1 saturated heterocycles. The van der Waals surface area contributed by atoms with Gasteiger partial charge in [0.05, 0.1) is 0 Å². The maximum atomic E-state index is 7.75. The third kappa shape index (κ3) is 3.94. The van der Waals surface area contributed by atoms with Gasteiger partial charge in [0, 0.05) is 55.4 Å². The highest BCUT2D eigenvalue weighted by Gasteiger charge is 2.18. The van der Waals surface area contributed by atoms with Crippen molar-refractivity contribution >= 4 is 11.9 Å². The van der Waals surface area contributed by atoms with Crippen LogP contribution in [0.1, 0.15) is 42.4 Å². The molecule has 0 unspecified atom stereocenters. The second kappa shape index (κ2) is 7.18. The fourth-order valence-electron chi connectivity index (χ4n) is 3.75. The molecule has 2 fully saturated rings. The standard InChI is InChI=1S/C19H28N4/c1-14-9-16(13-23-8-7-21-15(2)12-23)10-19(18(14)11-20)22-17-5-3-4-6-17/h9-11,17,20-22H,2-8,12-13H2,1H3. The predicted octanol–water partition coefficient (Wildman–Crippen LogP) is 3.27. The summed E-state index contributed by atoms with van der Waals surface area (Å²) in [5.41, 5.74) is 5.78. The average molecular weight is 312 g/mol. The van der Waals surface area contributed by atoms with E-state index in [0.29, 0.717) is 6.04 Å². The molecule has 1 aromatic rings. The van der Waals surface area contributed by atoms with Gasteiger partial charge in [0.1, 0.15) is 0 Å². The Kier molecular flexibility index (Phi) is 5.01. The zero-order valence-electron chi connectivity index (χ0n) is 14.1. The average Bonchev–Trinajstić information content (AvgIpc) is 3.00. The highest BCUT2D eigenvalue weighted by Crippen LogP contribution is 2.27. The Morgan fingerprint density at radius 1 is 1.39 bits per heavy atom. The molecule has 0 bridgehead atoms. The van der Waals surface area contributed by atoms with Crippen molar-refractivity contribution < 1.29 is 0 Å². The Morgan fingerprint density at radius 2 is 2.17 bits per heavy atom. The number of piperazine rings is 1. The molecular formula is C19H28N4. The molecule has 0 aromatic heterocycles. The van der Waals surface area contributed by atoms with E-state index in [4.69, 9.17) is 5.41 Å². The van der Waals surface area contributed by atoms with Gasteiger partial charge in [-0.2, -0.15) is 0 Å². The third-order valence-corrected chi connectivity index (χ3v) is 4.93. The van der Waals surface area contributed by atoms with Gasteiger partial charge in [-0.1, -0.05) is 25.5 Å². The minimum atomic E-state index is 0.572. The van der Waals surface area contributed by atoms with Gasteiger partial charge < -0.3 is 16.0 Å². The van der Waals surface area contributed by atoms with Crippen LogP contribution >= 0.6 is 0 Å². The Morgan fingerprint density at radius 3 is 2.87 bits per heavy atom. The predicted molar refractivity (Wildman–Crippen MR) is 97.4 cm³/mol. The first kappa shape index (κ1) is 16.1. The van der Waals surface area contributed by atoms with E-state index in [2.05, 4.69) is 41.2 Å². The quantitative estimate of drug-likeness (QED) is 0.732. The van der Waals surface area contributed by atoms with Crippen molar-refractivity contribution in [1.82, 2.24) is 10.2 Å². The number of rotatable bonds is 5. The molecule has 3 N–H and O–H groups in total. The van der Waals surface area contributed by atoms with Crippen LogP contribution in [0.25, 0.3) is 0 Å². The smallest absolute Gasteiger partial charge is 0.0437 e. The number of hydrogen-bond donors (Lipinski definition) is 3. The van der Waals surface area contributed by atoms with E-state index in [1.54, 1.807) is 0 Å². The van der Waals surface area contributed by atoms with Gasteiger partial charge in [0.15, 0.2) is 0 Å². The topological polar surface area (TPSA) is 51.2 Å². The molecule has 0 spiro atoms. The zero-order chi connectivity index (χ0) is 16.2. The van der Waals surface area contributed by atoms with Gasteiger partial charge >= 0.3 is 0 Å². The van der Waals surface area contributed by atoms with Gasteiger partial charge in [0.25, 0.3) is 0 Å². The monoisotopic (exact) mass is 312 g/mol. The molecule has 0 amide bonds. The normalized spacial score (nSPS) is 19.6. The number of benzene rings is 1. The summed E-state index contributed by atoms with van der Waals surface area (Å²) >= 11 is 0. The lowest BCUT2D eigenvalue weighted by molar-refractivity contribution is 0.259. The minimum absolute atomic E-state index is 0.572. The van der Waals surface area contributed by atoms with Gasteiger partial charge in [-0.05, 0) is 37.0 Å². The Balaban J connectivity index is 1.78. The van der Waals surface area contributed by atoms with Crippen LogP contribution in [0.5, 0.6) is 0 Å². The van der Waals surface area contributed by atoms with Crippen molar-refractivity contribution in [1.29, 1.82) is 5.41 Å². The summed E-state index contributed by atoms with van der Waals surface area (Å²) in [6, 6.07) is 5.05. The van der Waals surface area contributed by atoms with Crippen molar-refractivity contribution in [3.63, 3.8) is 0 Å². The fourth-order valence-corrected chi connectivity index (χ4v) is 3.75. The minimum Gasteiger partial charge on any atom is -0.386 e. The summed E-state index contributed by atoms with van der Waals surface area (Å²) in [5.74, 6) is 0. The molecule has 1 aromatic carbocycles. The van der Waals surface area contributed by atoms with Crippen LogP contribution in [0, 0.1) is 12.3 Å². The van der Waals surface area contributed by atoms with Crippen LogP contribution in [0.4, 0.5) is 5.69 Å². The molecule has 0 radical (unpaired) electrons. The van der Waals surface area contributed by atoms with Crippen LogP contribution in [0.15, 0.2) is 24.4 Å². The van der Waals surface area contributed by atoms with Gasteiger partial charge in [0.2, 0.25) is 0 Å². The molecule has 23 heavy (non-hydrogen) atoms. The first-order valence-electron chi connectivity index (χ1n) is 8.70. The maximum Gasteiger partial charge on any atom is 0.0437 e. The second-order valence-electron chi connectivity index (χ2n) is 6.88. The largest absolute Gasteiger partial charge is 0.386 e. The third-order valence-electron chi connectivity index (χ3n) is 4.93. The lowest BCUT2D eigenvalue weighted by atomic mass is 10.0. The van der Waals surface area contributed by atoms with Crippen molar-refractivity contribution in [2.45, 2.75) is 45.2 Å². The summed E-state index contributed by atoms with van der Waals surface area (Å²) in [6.07, 6.45) is 6.62. The molecule has 1 aliphatic carbocycles. The SMILES string of the molecule is C=C1CN(Cc2cc(C)c(C=N)c(NC3CCCC3)c2)CCN1. The zero-order valence-corrected chi connectivity index (χ0v) is 14.1. The van der Waals surface area contributed by atoms with Crippen LogP contribution in [0.3, 0.4) is 0 Å². The van der Waals surface area contributed by atoms with Crippen molar-refractivity contribution in [2.24, 2.45) is 0 Å². The van der Waals surface area contributed by atoms with Gasteiger partial charge in [-0.15, -0.1) is 0 Å². The highest BCUT2D eigenvalue weighted by molar-refractivity contribution is 5.88. The molecule has 1 aliphatic heterocycles. The molecule has 1 heterocycles. The van der Waals surface area contributed by atoms with E-state index >= 15 is 0 Å². The second-order valence-corrected chi connectivity index (χ2v) is 6.88. The summed E-state index contributed by atoms with van der Waals surface area (Å²) < 4.78 is 0. The Bertz CT molecular complexity index is 587. The summed E-state index contributed by atoms with van der Waals surface area (Å²) in [5, 5.41) is 14.8. The van der Waals surface area contributed by atoms with Crippen molar-refractivity contribution in [3.8, 4) is 0 Å². The van der Waals surface area contributed by atoms with Crippen LogP contribution < -0.4 is 10.6 Å². The Hall–Kier alpha value is -1.81. The maximum absolute atomic E-state index is 7.75. The molecule has 4 heteroatoms. The summed E-state index contributed by atoms with van der Waals surface area (Å²) in [4.78, 5) is 2.43. The lowest BCUT2D eigenvalue weighted by Crippen LogP contribution is -2.41. The van der Waals surface area contributed by atoms with E-state index in [9.17, 15) is 0 Å². The van der Waals surface area contributed by atoms with Crippen LogP contribution in [0.2, 0.25) is 0 Å². The van der Waals surface area contributed by atoms with Crippen molar-refractivity contribution in [2.75, 3.05) is 25.0 Å². The van der Waals surface area contributed by atoms with Crippen LogP contribution in [-0.4, -0.2) is 36.8 Å². The molecule has 4 nitrogen and oxygen atoms in total. The van der Waals surface area contributed by atoms with E-state index < -0.39 is 0 Å². The van der Waals surface area contributed by atoms with E-state index in [1.165, 1.54) is 43.0 Å². The first-order chi connectivity index (χ1) is 11.2. The molecular weight excluding hydrogens is 284 g/mol. The number of aryl methyl sites for hydroxylation is 1. The Labute approximate surface area is 139 Å². The van der Waals surface area contributed by atoms with E-state index in [0.717, 1.165) is 43.1 Å². The first-order valence-corrected chi connectivity index (χ1v) is 8.70. The molecule has 124 valence electrons.